The highest BCUT2D eigenvalue weighted by molar-refractivity contribution is 6.01. The van der Waals surface area contributed by atoms with Crippen LogP contribution in [0.4, 0.5) is 10.1 Å². The second-order valence-corrected chi connectivity index (χ2v) is 6.48. The number of amides is 2. The predicted octanol–water partition coefficient (Wildman–Crippen LogP) is 3.17. The lowest BCUT2D eigenvalue weighted by atomic mass is 10.0. The molecule has 0 saturated carbocycles. The van der Waals surface area contributed by atoms with Crippen molar-refractivity contribution in [3.8, 4) is 0 Å². The van der Waals surface area contributed by atoms with Gasteiger partial charge in [-0.2, -0.15) is 0 Å². The maximum Gasteiger partial charge on any atom is 0.257 e. The number of allylic oxidation sites excluding steroid dienone is 1. The molecular formula is C20H20FN5O2. The summed E-state index contributed by atoms with van der Waals surface area (Å²) >= 11 is 0. The van der Waals surface area contributed by atoms with E-state index in [4.69, 9.17) is 0 Å². The maximum absolute atomic E-state index is 12.9. The third-order valence-corrected chi connectivity index (χ3v) is 4.31. The van der Waals surface area contributed by atoms with Gasteiger partial charge in [-0.25, -0.2) is 8.91 Å². The minimum atomic E-state index is -0.361. The van der Waals surface area contributed by atoms with Crippen LogP contribution in [0, 0.1) is 11.7 Å². The van der Waals surface area contributed by atoms with E-state index in [2.05, 4.69) is 27.5 Å². The van der Waals surface area contributed by atoms with E-state index >= 15 is 0 Å². The number of benzene rings is 1. The second-order valence-electron chi connectivity index (χ2n) is 6.48. The SMILES string of the molecule is C=C(CCC(C)C(=O)Nc1ccc(F)cc1)NC(=O)c1cccn2nncc12. The molecule has 1 aromatic carbocycles. The van der Waals surface area contributed by atoms with E-state index in [9.17, 15) is 14.0 Å². The molecule has 0 bridgehead atoms. The van der Waals surface area contributed by atoms with Crippen LogP contribution in [-0.4, -0.2) is 26.6 Å². The van der Waals surface area contributed by atoms with E-state index in [1.54, 1.807) is 25.3 Å². The highest BCUT2D eigenvalue weighted by atomic mass is 19.1. The van der Waals surface area contributed by atoms with Gasteiger partial charge in [0.15, 0.2) is 0 Å². The molecule has 0 aliphatic heterocycles. The van der Waals surface area contributed by atoms with Gasteiger partial charge in [0.05, 0.1) is 17.3 Å². The molecule has 2 heterocycles. The van der Waals surface area contributed by atoms with Crippen molar-refractivity contribution in [1.29, 1.82) is 0 Å². The number of halogens is 1. The number of hydrogen-bond acceptors (Lipinski definition) is 4. The molecule has 1 unspecified atom stereocenters. The average molecular weight is 381 g/mol. The topological polar surface area (TPSA) is 88.4 Å². The number of hydrogen-bond donors (Lipinski definition) is 2. The lowest BCUT2D eigenvalue weighted by molar-refractivity contribution is -0.119. The number of carbonyl (C=O) groups excluding carboxylic acids is 2. The van der Waals surface area contributed by atoms with Crippen molar-refractivity contribution in [3.05, 3.63) is 72.4 Å². The van der Waals surface area contributed by atoms with Gasteiger partial charge in [-0.1, -0.05) is 18.7 Å². The van der Waals surface area contributed by atoms with Crippen LogP contribution < -0.4 is 10.6 Å². The zero-order valence-corrected chi connectivity index (χ0v) is 15.4. The number of rotatable bonds is 7. The Morgan fingerprint density at radius 3 is 2.75 bits per heavy atom. The molecule has 1 atom stereocenters. The number of nitrogens with zero attached hydrogens (tertiary/aromatic N) is 3. The van der Waals surface area contributed by atoms with Gasteiger partial charge in [0.25, 0.3) is 5.91 Å². The van der Waals surface area contributed by atoms with Gasteiger partial charge in [0, 0.05) is 23.5 Å². The number of nitrogens with one attached hydrogen (secondary N) is 2. The van der Waals surface area contributed by atoms with Crippen LogP contribution in [0.15, 0.2) is 61.1 Å². The van der Waals surface area contributed by atoms with Crippen molar-refractivity contribution in [3.63, 3.8) is 0 Å². The van der Waals surface area contributed by atoms with Gasteiger partial charge in [0.1, 0.15) is 5.82 Å². The lowest BCUT2D eigenvalue weighted by Crippen LogP contribution is -2.25. The Kier molecular flexibility index (Phi) is 5.78. The summed E-state index contributed by atoms with van der Waals surface area (Å²) < 4.78 is 14.4. The molecule has 8 heteroatoms. The summed E-state index contributed by atoms with van der Waals surface area (Å²) in [5, 5.41) is 13.1. The summed E-state index contributed by atoms with van der Waals surface area (Å²) in [5.74, 6) is -1.15. The minimum absolute atomic E-state index is 0.180. The number of fused-ring (bicyclic) bond motifs is 1. The van der Waals surface area contributed by atoms with Crippen LogP contribution in [-0.2, 0) is 4.79 Å². The van der Waals surface area contributed by atoms with Gasteiger partial charge in [-0.15, -0.1) is 5.10 Å². The van der Waals surface area contributed by atoms with Gasteiger partial charge in [-0.05, 0) is 49.2 Å². The molecule has 3 rings (SSSR count). The molecule has 0 fully saturated rings. The standard InChI is InChI=1S/C20H20FN5O2/c1-13(19(27)24-16-9-7-15(21)8-10-16)5-6-14(2)23-20(28)17-4-3-11-26-18(17)12-22-25-26/h3-4,7-13H,2,5-6H2,1H3,(H,23,28)(H,24,27). The molecule has 144 valence electrons. The summed E-state index contributed by atoms with van der Waals surface area (Å²) in [5.41, 5.74) is 2.09. The van der Waals surface area contributed by atoms with E-state index in [0.29, 0.717) is 35.3 Å². The van der Waals surface area contributed by atoms with E-state index < -0.39 is 0 Å². The fraction of sp³-hybridized carbons (Fsp3) is 0.200. The first-order chi connectivity index (χ1) is 13.4. The van der Waals surface area contributed by atoms with Crippen molar-refractivity contribution in [2.24, 2.45) is 5.92 Å². The molecule has 2 amide bonds. The fourth-order valence-corrected chi connectivity index (χ4v) is 2.66. The van der Waals surface area contributed by atoms with E-state index in [1.165, 1.54) is 35.0 Å². The van der Waals surface area contributed by atoms with Crippen molar-refractivity contribution in [1.82, 2.24) is 20.1 Å². The zero-order chi connectivity index (χ0) is 20.1. The first-order valence-electron chi connectivity index (χ1n) is 8.78. The average Bonchev–Trinajstić information content (AvgIpc) is 3.16. The number of carbonyl (C=O) groups is 2. The smallest absolute Gasteiger partial charge is 0.257 e. The van der Waals surface area contributed by atoms with Crippen LogP contribution in [0.5, 0.6) is 0 Å². The molecule has 28 heavy (non-hydrogen) atoms. The molecule has 0 radical (unpaired) electrons. The normalized spacial score (nSPS) is 11.8. The summed E-state index contributed by atoms with van der Waals surface area (Å²) in [6, 6.07) is 8.97. The highest BCUT2D eigenvalue weighted by Crippen LogP contribution is 2.15. The first kappa shape index (κ1) is 19.2. The van der Waals surface area contributed by atoms with Gasteiger partial charge >= 0.3 is 0 Å². The van der Waals surface area contributed by atoms with E-state index in [-0.39, 0.29) is 23.5 Å². The number of pyridine rings is 1. The van der Waals surface area contributed by atoms with Crippen molar-refractivity contribution >= 4 is 23.0 Å². The molecule has 0 spiro atoms. The van der Waals surface area contributed by atoms with Crippen LogP contribution >= 0.6 is 0 Å². The van der Waals surface area contributed by atoms with Crippen molar-refractivity contribution in [2.75, 3.05) is 5.32 Å². The second kappa shape index (κ2) is 8.43. The molecule has 0 aliphatic rings. The largest absolute Gasteiger partial charge is 0.326 e. The molecule has 2 N–H and O–H groups in total. The molecular weight excluding hydrogens is 361 g/mol. The molecule has 0 aliphatic carbocycles. The van der Waals surface area contributed by atoms with Gasteiger partial charge < -0.3 is 10.6 Å². The van der Waals surface area contributed by atoms with Crippen LogP contribution in [0.3, 0.4) is 0 Å². The van der Waals surface area contributed by atoms with E-state index in [1.807, 2.05) is 0 Å². The summed E-state index contributed by atoms with van der Waals surface area (Å²) in [7, 11) is 0. The quantitative estimate of drug-likeness (QED) is 0.658. The first-order valence-corrected chi connectivity index (χ1v) is 8.78. The minimum Gasteiger partial charge on any atom is -0.326 e. The highest BCUT2D eigenvalue weighted by Gasteiger charge is 2.16. The summed E-state index contributed by atoms with van der Waals surface area (Å²) in [6.07, 6.45) is 4.17. The van der Waals surface area contributed by atoms with Crippen molar-refractivity contribution < 1.29 is 14.0 Å². The molecule has 0 saturated heterocycles. The van der Waals surface area contributed by atoms with Crippen LogP contribution in [0.25, 0.3) is 5.52 Å². The lowest BCUT2D eigenvalue weighted by Gasteiger charge is -2.14. The summed E-state index contributed by atoms with van der Waals surface area (Å²) in [4.78, 5) is 24.7. The number of anilines is 1. The van der Waals surface area contributed by atoms with E-state index in [0.717, 1.165) is 0 Å². The fourth-order valence-electron chi connectivity index (χ4n) is 2.66. The third kappa shape index (κ3) is 4.59. The predicted molar refractivity (Wildman–Crippen MR) is 103 cm³/mol. The van der Waals surface area contributed by atoms with Gasteiger partial charge in [-0.3, -0.25) is 9.59 Å². The molecule has 7 nitrogen and oxygen atoms in total. The Labute approximate surface area is 161 Å². The third-order valence-electron chi connectivity index (χ3n) is 4.31. The maximum atomic E-state index is 12.9. The Balaban J connectivity index is 1.50. The Bertz CT molecular complexity index is 1010. The van der Waals surface area contributed by atoms with Crippen LogP contribution in [0.1, 0.15) is 30.1 Å². The number of aromatic nitrogens is 3. The Morgan fingerprint density at radius 1 is 1.25 bits per heavy atom. The molecule has 3 aromatic rings. The van der Waals surface area contributed by atoms with Gasteiger partial charge in [0.2, 0.25) is 5.91 Å². The Hall–Kier alpha value is -3.55. The molecule has 2 aromatic heterocycles. The monoisotopic (exact) mass is 381 g/mol. The zero-order valence-electron chi connectivity index (χ0n) is 15.4. The Morgan fingerprint density at radius 2 is 2.00 bits per heavy atom. The summed E-state index contributed by atoms with van der Waals surface area (Å²) in [6.45, 7) is 5.65. The van der Waals surface area contributed by atoms with Crippen LogP contribution in [0.2, 0.25) is 0 Å². The van der Waals surface area contributed by atoms with Crippen molar-refractivity contribution in [2.45, 2.75) is 19.8 Å².